The summed E-state index contributed by atoms with van der Waals surface area (Å²) in [5.74, 6) is -0.323. The Kier molecular flexibility index (Phi) is 5.01. The van der Waals surface area contributed by atoms with Gasteiger partial charge in [-0.2, -0.15) is 18.3 Å². The minimum atomic E-state index is -4.48. The summed E-state index contributed by atoms with van der Waals surface area (Å²) in [5, 5.41) is 6.76. The molecule has 26 heavy (non-hydrogen) atoms. The topological polar surface area (TPSA) is 46.9 Å². The molecule has 0 saturated heterocycles. The van der Waals surface area contributed by atoms with Crippen LogP contribution in [0.15, 0.2) is 36.4 Å². The number of carbonyl (C=O) groups excluding carboxylic acids is 1. The zero-order valence-corrected chi connectivity index (χ0v) is 15.4. The number of anilines is 1. The van der Waals surface area contributed by atoms with Gasteiger partial charge in [-0.1, -0.05) is 29.3 Å². The van der Waals surface area contributed by atoms with Crippen LogP contribution < -0.4 is 5.32 Å². The highest BCUT2D eigenvalue weighted by Crippen LogP contribution is 2.33. The van der Waals surface area contributed by atoms with Crippen molar-refractivity contribution >= 4 is 46.3 Å². The summed E-state index contributed by atoms with van der Waals surface area (Å²) in [6.07, 6.45) is -4.48. The normalized spacial score (nSPS) is 11.6. The highest BCUT2D eigenvalue weighted by molar-refractivity contribution is 7.20. The zero-order chi connectivity index (χ0) is 19.1. The van der Waals surface area contributed by atoms with E-state index >= 15 is 0 Å². The molecule has 0 aliphatic rings. The Bertz CT molecular complexity index is 982. The largest absolute Gasteiger partial charge is 0.416 e. The summed E-state index contributed by atoms with van der Waals surface area (Å²) in [7, 11) is 0. The van der Waals surface area contributed by atoms with Gasteiger partial charge < -0.3 is 5.32 Å². The second-order valence-corrected chi connectivity index (χ2v) is 7.61. The molecule has 3 rings (SSSR count). The number of benzene rings is 1. The number of carbonyl (C=O) groups is 1. The zero-order valence-electron chi connectivity index (χ0n) is 13.1. The Morgan fingerprint density at radius 2 is 1.96 bits per heavy atom. The van der Waals surface area contributed by atoms with Gasteiger partial charge in [0.25, 0.3) is 5.91 Å². The molecule has 4 nitrogen and oxygen atoms in total. The Labute approximate surface area is 160 Å². The van der Waals surface area contributed by atoms with Gasteiger partial charge in [0, 0.05) is 6.07 Å². The first-order valence-electron chi connectivity index (χ1n) is 7.15. The molecule has 0 atom stereocenters. The van der Waals surface area contributed by atoms with Gasteiger partial charge in [-0.15, -0.1) is 11.3 Å². The fraction of sp³-hybridized carbons (Fsp3) is 0.125. The number of hydrogen-bond donors (Lipinski definition) is 1. The van der Waals surface area contributed by atoms with E-state index in [1.807, 2.05) is 0 Å². The van der Waals surface area contributed by atoms with E-state index in [2.05, 4.69) is 10.4 Å². The van der Waals surface area contributed by atoms with E-state index in [0.29, 0.717) is 10.0 Å². The van der Waals surface area contributed by atoms with E-state index in [4.69, 9.17) is 23.2 Å². The number of thiophene rings is 1. The summed E-state index contributed by atoms with van der Waals surface area (Å²) in [6.45, 7) is 1.66. The number of nitrogens with one attached hydrogen (secondary N) is 1. The molecule has 0 aliphatic heterocycles. The first kappa shape index (κ1) is 18.8. The van der Waals surface area contributed by atoms with Crippen molar-refractivity contribution in [3.8, 4) is 5.69 Å². The van der Waals surface area contributed by atoms with Crippen molar-refractivity contribution in [2.75, 3.05) is 5.32 Å². The van der Waals surface area contributed by atoms with Crippen LogP contribution in [0.4, 0.5) is 19.0 Å². The highest BCUT2D eigenvalue weighted by atomic mass is 35.5. The van der Waals surface area contributed by atoms with Crippen molar-refractivity contribution in [3.05, 3.63) is 61.9 Å². The molecule has 0 radical (unpaired) electrons. The predicted octanol–water partition coefficient (Wildman–Crippen LogP) is 5.82. The number of nitrogens with zero attached hydrogens (tertiary/aromatic N) is 2. The van der Waals surface area contributed by atoms with E-state index in [9.17, 15) is 18.0 Å². The molecule has 2 aromatic heterocycles. The second kappa shape index (κ2) is 6.94. The van der Waals surface area contributed by atoms with Gasteiger partial charge in [0.15, 0.2) is 0 Å². The lowest BCUT2D eigenvalue weighted by Gasteiger charge is -2.11. The van der Waals surface area contributed by atoms with E-state index in [-0.39, 0.29) is 21.4 Å². The van der Waals surface area contributed by atoms with Crippen LogP contribution in [0.25, 0.3) is 5.69 Å². The number of aromatic nitrogens is 2. The van der Waals surface area contributed by atoms with Crippen LogP contribution in [-0.4, -0.2) is 15.7 Å². The number of aryl methyl sites for hydroxylation is 1. The average molecular weight is 420 g/mol. The van der Waals surface area contributed by atoms with Crippen molar-refractivity contribution in [2.45, 2.75) is 13.1 Å². The Hall–Kier alpha value is -2.03. The molecule has 0 bridgehead atoms. The van der Waals surface area contributed by atoms with Gasteiger partial charge >= 0.3 is 6.18 Å². The SMILES string of the molecule is Cc1cc(NC(=O)c2cc(Cl)sc2Cl)n(-c2cccc(C(F)(F)F)c2)n1. The van der Waals surface area contributed by atoms with Crippen LogP contribution in [0, 0.1) is 6.92 Å². The van der Waals surface area contributed by atoms with Crippen LogP contribution >= 0.6 is 34.5 Å². The predicted molar refractivity (Wildman–Crippen MR) is 95.6 cm³/mol. The highest BCUT2D eigenvalue weighted by Gasteiger charge is 2.30. The lowest BCUT2D eigenvalue weighted by atomic mass is 10.2. The summed E-state index contributed by atoms with van der Waals surface area (Å²) in [6, 6.07) is 7.62. The molecule has 2 heterocycles. The molecule has 0 aliphatic carbocycles. The van der Waals surface area contributed by atoms with Crippen LogP contribution in [0.5, 0.6) is 0 Å². The minimum Gasteiger partial charge on any atom is -0.306 e. The number of amides is 1. The van der Waals surface area contributed by atoms with Gasteiger partial charge in [0.05, 0.1) is 26.8 Å². The minimum absolute atomic E-state index is 0.165. The fourth-order valence-corrected chi connectivity index (χ4v) is 3.74. The first-order valence-corrected chi connectivity index (χ1v) is 8.73. The van der Waals surface area contributed by atoms with Gasteiger partial charge in [-0.05, 0) is 31.2 Å². The molecule has 136 valence electrons. The summed E-state index contributed by atoms with van der Waals surface area (Å²) in [5.41, 5.74) is 0.0500. The number of hydrogen-bond acceptors (Lipinski definition) is 3. The van der Waals surface area contributed by atoms with Crippen LogP contribution in [0.1, 0.15) is 21.6 Å². The first-order chi connectivity index (χ1) is 12.1. The number of halogens is 5. The third-order valence-electron chi connectivity index (χ3n) is 3.39. The molecule has 0 spiro atoms. The van der Waals surface area contributed by atoms with Crippen molar-refractivity contribution in [1.82, 2.24) is 9.78 Å². The van der Waals surface area contributed by atoms with Crippen molar-refractivity contribution in [3.63, 3.8) is 0 Å². The van der Waals surface area contributed by atoms with E-state index < -0.39 is 17.6 Å². The Balaban J connectivity index is 1.97. The maximum Gasteiger partial charge on any atom is 0.416 e. The molecule has 0 unspecified atom stereocenters. The lowest BCUT2D eigenvalue weighted by Crippen LogP contribution is -2.15. The second-order valence-electron chi connectivity index (χ2n) is 5.32. The van der Waals surface area contributed by atoms with Crippen LogP contribution in [-0.2, 0) is 6.18 Å². The van der Waals surface area contributed by atoms with Crippen molar-refractivity contribution < 1.29 is 18.0 Å². The fourth-order valence-electron chi connectivity index (χ4n) is 2.28. The summed E-state index contributed by atoms with van der Waals surface area (Å²) >= 11 is 12.8. The molecular formula is C16H10Cl2F3N3OS. The monoisotopic (exact) mass is 419 g/mol. The molecule has 1 amide bonds. The van der Waals surface area contributed by atoms with Crippen molar-refractivity contribution in [2.24, 2.45) is 0 Å². The number of rotatable bonds is 3. The van der Waals surface area contributed by atoms with E-state index in [1.165, 1.54) is 22.9 Å². The van der Waals surface area contributed by atoms with Crippen LogP contribution in [0.3, 0.4) is 0 Å². The molecular weight excluding hydrogens is 410 g/mol. The van der Waals surface area contributed by atoms with Gasteiger partial charge in [-0.3, -0.25) is 4.79 Å². The summed E-state index contributed by atoms with van der Waals surface area (Å²) < 4.78 is 40.6. The third kappa shape index (κ3) is 3.87. The molecule has 3 aromatic rings. The molecule has 10 heteroatoms. The smallest absolute Gasteiger partial charge is 0.306 e. The maximum atomic E-state index is 12.9. The summed E-state index contributed by atoms with van der Waals surface area (Å²) in [4.78, 5) is 12.4. The van der Waals surface area contributed by atoms with E-state index in [0.717, 1.165) is 23.5 Å². The Morgan fingerprint density at radius 1 is 1.23 bits per heavy atom. The maximum absolute atomic E-state index is 12.9. The quantitative estimate of drug-likeness (QED) is 0.581. The number of alkyl halides is 3. The Morgan fingerprint density at radius 3 is 2.58 bits per heavy atom. The average Bonchev–Trinajstić information content (AvgIpc) is 3.08. The van der Waals surface area contributed by atoms with Gasteiger partial charge in [0.1, 0.15) is 10.2 Å². The van der Waals surface area contributed by atoms with E-state index in [1.54, 1.807) is 13.0 Å². The molecule has 1 N–H and O–H groups in total. The van der Waals surface area contributed by atoms with Crippen LogP contribution in [0.2, 0.25) is 8.67 Å². The molecule has 1 aromatic carbocycles. The van der Waals surface area contributed by atoms with Gasteiger partial charge in [0.2, 0.25) is 0 Å². The molecule has 0 saturated carbocycles. The third-order valence-corrected chi connectivity index (χ3v) is 4.88. The standard InChI is InChI=1S/C16H10Cl2F3N3OS/c1-8-5-13(22-15(25)11-7-12(17)26-14(11)18)24(23-8)10-4-2-3-9(6-10)16(19,20)21/h2-7H,1H3,(H,22,25). The van der Waals surface area contributed by atoms with Crippen molar-refractivity contribution in [1.29, 1.82) is 0 Å². The molecule has 0 fully saturated rings. The van der Waals surface area contributed by atoms with Gasteiger partial charge in [-0.25, -0.2) is 4.68 Å². The lowest BCUT2D eigenvalue weighted by molar-refractivity contribution is -0.137.